The van der Waals surface area contributed by atoms with Crippen molar-refractivity contribution in [1.29, 1.82) is 0 Å². The molecular formula is C19H18N2O2. The molecule has 0 radical (unpaired) electrons. The molecule has 2 fully saturated rings. The van der Waals surface area contributed by atoms with Gasteiger partial charge in [-0.25, -0.2) is 0 Å². The normalized spacial score (nSPS) is 32.4. The summed E-state index contributed by atoms with van der Waals surface area (Å²) in [4.78, 5) is 25.1. The van der Waals surface area contributed by atoms with Crippen LogP contribution < -0.4 is 0 Å². The number of carbonyl (C=O) groups is 2. The van der Waals surface area contributed by atoms with Crippen LogP contribution in [0.4, 0.5) is 0 Å². The number of nitrogens with zero attached hydrogens (tertiary/aromatic N) is 2. The fourth-order valence-electron chi connectivity index (χ4n) is 4.00. The van der Waals surface area contributed by atoms with Gasteiger partial charge in [-0.2, -0.15) is 10.1 Å². The number of allylic oxidation sites excluding steroid dienone is 3. The van der Waals surface area contributed by atoms with E-state index in [0.29, 0.717) is 0 Å². The number of hydrazone groups is 1. The van der Waals surface area contributed by atoms with E-state index >= 15 is 0 Å². The summed E-state index contributed by atoms with van der Waals surface area (Å²) in [6, 6.07) is 9.83. The van der Waals surface area contributed by atoms with Crippen LogP contribution in [-0.4, -0.2) is 23.0 Å². The van der Waals surface area contributed by atoms with Gasteiger partial charge in [0.15, 0.2) is 0 Å². The maximum atomic E-state index is 12.5. The molecule has 3 aliphatic carbocycles. The Morgan fingerprint density at radius 1 is 0.957 bits per heavy atom. The van der Waals surface area contributed by atoms with Crippen molar-refractivity contribution in [1.82, 2.24) is 5.01 Å². The second-order valence-corrected chi connectivity index (χ2v) is 6.36. The van der Waals surface area contributed by atoms with Crippen LogP contribution in [0.15, 0.2) is 53.7 Å². The highest BCUT2D eigenvalue weighted by atomic mass is 16.2. The predicted molar refractivity (Wildman–Crippen MR) is 88.2 cm³/mol. The van der Waals surface area contributed by atoms with Crippen LogP contribution in [0.25, 0.3) is 6.08 Å². The number of benzene rings is 1. The first-order chi connectivity index (χ1) is 11.3. The standard InChI is InChI=1S/C19H18N2O2/c22-18-16-14-8-9-15(11-10-14)17(16)19(23)21(18)20-12-4-7-13-5-2-1-3-6-13/h1-9,12,14-17H,10-11H2/b7-4+,20-12?/t14-,15-,16+,17+/m0/s1. The number of imide groups is 1. The van der Waals surface area contributed by atoms with Gasteiger partial charge in [0.2, 0.25) is 0 Å². The van der Waals surface area contributed by atoms with Crippen molar-refractivity contribution in [2.24, 2.45) is 28.8 Å². The third-order valence-electron chi connectivity index (χ3n) is 5.09. The molecule has 0 aromatic heterocycles. The summed E-state index contributed by atoms with van der Waals surface area (Å²) in [7, 11) is 0. The van der Waals surface area contributed by atoms with Gasteiger partial charge in [-0.05, 0) is 36.3 Å². The average Bonchev–Trinajstić information content (AvgIpc) is 2.87. The van der Waals surface area contributed by atoms with Gasteiger partial charge in [-0.3, -0.25) is 9.59 Å². The largest absolute Gasteiger partial charge is 0.272 e. The molecule has 23 heavy (non-hydrogen) atoms. The number of carbonyl (C=O) groups excluding carboxylic acids is 2. The monoisotopic (exact) mass is 306 g/mol. The first kappa shape index (κ1) is 14.1. The molecule has 5 rings (SSSR count). The fraction of sp³-hybridized carbons (Fsp3) is 0.316. The summed E-state index contributed by atoms with van der Waals surface area (Å²) in [6.45, 7) is 0. The molecule has 1 saturated heterocycles. The van der Waals surface area contributed by atoms with Gasteiger partial charge >= 0.3 is 0 Å². The van der Waals surface area contributed by atoms with Crippen LogP contribution in [0.3, 0.4) is 0 Å². The molecule has 1 aliphatic heterocycles. The van der Waals surface area contributed by atoms with E-state index in [9.17, 15) is 9.59 Å². The van der Waals surface area contributed by atoms with Crippen LogP contribution in [-0.2, 0) is 9.59 Å². The summed E-state index contributed by atoms with van der Waals surface area (Å²) in [5.41, 5.74) is 1.05. The predicted octanol–water partition coefficient (Wildman–Crippen LogP) is 2.88. The number of hydrogen-bond donors (Lipinski definition) is 0. The Morgan fingerprint density at radius 3 is 2.13 bits per heavy atom. The molecule has 0 unspecified atom stereocenters. The fourth-order valence-corrected chi connectivity index (χ4v) is 4.00. The van der Waals surface area contributed by atoms with Crippen molar-refractivity contribution >= 4 is 24.1 Å². The number of fused-ring (bicyclic) bond motifs is 1. The third kappa shape index (κ3) is 2.34. The van der Waals surface area contributed by atoms with E-state index in [0.717, 1.165) is 23.4 Å². The van der Waals surface area contributed by atoms with Gasteiger partial charge in [0.1, 0.15) is 0 Å². The van der Waals surface area contributed by atoms with Gasteiger partial charge in [0.05, 0.1) is 11.8 Å². The molecule has 4 nitrogen and oxygen atoms in total. The van der Waals surface area contributed by atoms with Crippen molar-refractivity contribution in [3.05, 3.63) is 54.1 Å². The Morgan fingerprint density at radius 2 is 1.57 bits per heavy atom. The molecule has 4 aliphatic rings. The molecule has 4 atom stereocenters. The highest BCUT2D eigenvalue weighted by molar-refractivity contribution is 6.06. The average molecular weight is 306 g/mol. The molecule has 2 bridgehead atoms. The lowest BCUT2D eigenvalue weighted by Crippen LogP contribution is -2.38. The lowest BCUT2D eigenvalue weighted by molar-refractivity contribution is -0.140. The van der Waals surface area contributed by atoms with Gasteiger partial charge in [-0.15, -0.1) is 0 Å². The quantitative estimate of drug-likeness (QED) is 0.490. The van der Waals surface area contributed by atoms with Crippen LogP contribution >= 0.6 is 0 Å². The maximum absolute atomic E-state index is 12.5. The molecular weight excluding hydrogens is 288 g/mol. The minimum absolute atomic E-state index is 0.136. The van der Waals surface area contributed by atoms with E-state index in [2.05, 4.69) is 17.3 Å². The van der Waals surface area contributed by atoms with Crippen molar-refractivity contribution < 1.29 is 9.59 Å². The van der Waals surface area contributed by atoms with Gasteiger partial charge < -0.3 is 0 Å². The lowest BCUT2D eigenvalue weighted by atomic mass is 9.63. The Hall–Kier alpha value is -2.49. The molecule has 1 aromatic carbocycles. The summed E-state index contributed by atoms with van der Waals surface area (Å²) in [6.07, 6.45) is 11.4. The Balaban J connectivity index is 1.50. The molecule has 0 N–H and O–H groups in total. The van der Waals surface area contributed by atoms with Crippen molar-refractivity contribution in [3.8, 4) is 0 Å². The van der Waals surface area contributed by atoms with E-state index in [1.54, 1.807) is 6.08 Å². The highest BCUT2D eigenvalue weighted by Gasteiger charge is 2.56. The Bertz CT molecular complexity index is 688. The number of rotatable bonds is 3. The first-order valence-corrected chi connectivity index (χ1v) is 8.07. The van der Waals surface area contributed by atoms with Gasteiger partial charge in [0, 0.05) is 6.21 Å². The van der Waals surface area contributed by atoms with Crippen molar-refractivity contribution in [2.75, 3.05) is 0 Å². The summed E-state index contributed by atoms with van der Waals surface area (Å²) < 4.78 is 0. The zero-order chi connectivity index (χ0) is 15.8. The number of hydrogen-bond acceptors (Lipinski definition) is 3. The first-order valence-electron chi connectivity index (χ1n) is 8.07. The Kier molecular flexibility index (Phi) is 3.45. The number of amides is 2. The second kappa shape index (κ2) is 5.61. The van der Waals surface area contributed by atoms with Gasteiger partial charge in [-0.1, -0.05) is 48.6 Å². The Labute approximate surface area is 135 Å². The highest BCUT2D eigenvalue weighted by Crippen LogP contribution is 2.49. The van der Waals surface area contributed by atoms with E-state index in [1.165, 1.54) is 6.21 Å². The zero-order valence-corrected chi connectivity index (χ0v) is 12.7. The molecule has 2 amide bonds. The summed E-state index contributed by atoms with van der Waals surface area (Å²) >= 11 is 0. The minimum atomic E-state index is -0.193. The van der Waals surface area contributed by atoms with Crippen LogP contribution in [0.1, 0.15) is 18.4 Å². The van der Waals surface area contributed by atoms with Crippen molar-refractivity contribution in [2.45, 2.75) is 12.8 Å². The molecule has 0 spiro atoms. The molecule has 1 saturated carbocycles. The van der Waals surface area contributed by atoms with E-state index in [4.69, 9.17) is 0 Å². The van der Waals surface area contributed by atoms with Gasteiger partial charge in [0.25, 0.3) is 11.8 Å². The smallest absolute Gasteiger partial charge is 0.254 e. The third-order valence-corrected chi connectivity index (χ3v) is 5.09. The molecule has 4 heteroatoms. The van der Waals surface area contributed by atoms with E-state index in [1.807, 2.05) is 36.4 Å². The van der Waals surface area contributed by atoms with E-state index in [-0.39, 0.29) is 35.5 Å². The van der Waals surface area contributed by atoms with Crippen molar-refractivity contribution in [3.63, 3.8) is 0 Å². The topological polar surface area (TPSA) is 49.7 Å². The summed E-state index contributed by atoms with van der Waals surface area (Å²) in [5, 5.41) is 5.20. The van der Waals surface area contributed by atoms with Crippen LogP contribution in [0.2, 0.25) is 0 Å². The zero-order valence-electron chi connectivity index (χ0n) is 12.7. The van der Waals surface area contributed by atoms with E-state index < -0.39 is 0 Å². The lowest BCUT2D eigenvalue weighted by Gasteiger charge is -2.37. The maximum Gasteiger partial charge on any atom is 0.254 e. The molecule has 1 heterocycles. The second-order valence-electron chi connectivity index (χ2n) is 6.36. The minimum Gasteiger partial charge on any atom is -0.272 e. The SMILES string of the molecule is O=C1[C@H]2[C@H](C(=O)N1N=C/C=C/c1ccccc1)[C@H]1C=C[C@H]2CC1. The van der Waals surface area contributed by atoms with Crippen LogP contribution in [0, 0.1) is 23.7 Å². The summed E-state index contributed by atoms with van der Waals surface area (Å²) in [5.74, 6) is -0.238. The molecule has 1 aromatic rings. The molecule has 116 valence electrons. The van der Waals surface area contributed by atoms with Crippen LogP contribution in [0.5, 0.6) is 0 Å².